The van der Waals surface area contributed by atoms with Crippen molar-refractivity contribution in [1.29, 1.82) is 0 Å². The van der Waals surface area contributed by atoms with E-state index < -0.39 is 0 Å². The normalized spacial score (nSPS) is 11.4. The van der Waals surface area contributed by atoms with Crippen LogP contribution < -0.4 is 5.32 Å². The summed E-state index contributed by atoms with van der Waals surface area (Å²) in [6.45, 7) is 9.82. The molecule has 18 heavy (non-hydrogen) atoms. The van der Waals surface area contributed by atoms with E-state index in [2.05, 4.69) is 30.3 Å². The predicted octanol–water partition coefficient (Wildman–Crippen LogP) is 2.64. The molecule has 0 aromatic carbocycles. The van der Waals surface area contributed by atoms with Crippen LogP contribution in [0.2, 0.25) is 0 Å². The first kappa shape index (κ1) is 12.9. The molecule has 0 aliphatic carbocycles. The van der Waals surface area contributed by atoms with Crippen molar-refractivity contribution < 1.29 is 4.42 Å². The van der Waals surface area contributed by atoms with E-state index in [0.717, 1.165) is 23.8 Å². The van der Waals surface area contributed by atoms with Crippen molar-refractivity contribution in [1.82, 2.24) is 15.1 Å². The highest BCUT2D eigenvalue weighted by molar-refractivity contribution is 5.21. The van der Waals surface area contributed by atoms with Crippen molar-refractivity contribution in [2.24, 2.45) is 0 Å². The van der Waals surface area contributed by atoms with Crippen molar-refractivity contribution >= 4 is 0 Å². The molecule has 0 fully saturated rings. The minimum absolute atomic E-state index is 0.483. The molecule has 0 amide bonds. The zero-order valence-electron chi connectivity index (χ0n) is 11.5. The highest BCUT2D eigenvalue weighted by Gasteiger charge is 2.08. The number of nitrogens with one attached hydrogen (secondary N) is 1. The molecule has 2 heterocycles. The van der Waals surface area contributed by atoms with E-state index in [9.17, 15) is 0 Å². The van der Waals surface area contributed by atoms with Crippen molar-refractivity contribution in [2.45, 2.75) is 46.8 Å². The van der Waals surface area contributed by atoms with E-state index in [1.165, 1.54) is 5.56 Å². The molecule has 2 rings (SSSR count). The second-order valence-electron chi connectivity index (χ2n) is 4.98. The van der Waals surface area contributed by atoms with Gasteiger partial charge in [-0.25, -0.2) is 0 Å². The Morgan fingerprint density at radius 1 is 1.39 bits per heavy atom. The molecule has 0 radical (unpaired) electrons. The maximum absolute atomic E-state index is 5.76. The van der Waals surface area contributed by atoms with Gasteiger partial charge in [0.1, 0.15) is 11.5 Å². The lowest BCUT2D eigenvalue weighted by molar-refractivity contribution is 0.455. The van der Waals surface area contributed by atoms with Gasteiger partial charge in [0.15, 0.2) is 0 Å². The standard InChI is InChI=1S/C14H21N3O/c1-10(2)15-8-13-7-14(18-12(13)4)9-17-6-5-11(3)16-17/h5-7,10,15H,8-9H2,1-4H3. The molecule has 0 atom stereocenters. The molecule has 0 aliphatic heterocycles. The molecule has 2 aromatic rings. The summed E-state index contributed by atoms with van der Waals surface area (Å²) < 4.78 is 7.66. The highest BCUT2D eigenvalue weighted by Crippen LogP contribution is 2.15. The van der Waals surface area contributed by atoms with Gasteiger partial charge in [-0.15, -0.1) is 0 Å². The fourth-order valence-corrected chi connectivity index (χ4v) is 1.87. The molecule has 0 unspecified atom stereocenters. The van der Waals surface area contributed by atoms with E-state index in [1.807, 2.05) is 30.8 Å². The first-order valence-corrected chi connectivity index (χ1v) is 6.36. The van der Waals surface area contributed by atoms with Crippen LogP contribution in [-0.4, -0.2) is 15.8 Å². The van der Waals surface area contributed by atoms with Crippen molar-refractivity contribution in [3.63, 3.8) is 0 Å². The van der Waals surface area contributed by atoms with Crippen LogP contribution in [-0.2, 0) is 13.1 Å². The van der Waals surface area contributed by atoms with E-state index in [-0.39, 0.29) is 0 Å². The summed E-state index contributed by atoms with van der Waals surface area (Å²) in [6.07, 6.45) is 1.97. The summed E-state index contributed by atoms with van der Waals surface area (Å²) in [5.74, 6) is 1.94. The summed E-state index contributed by atoms with van der Waals surface area (Å²) in [4.78, 5) is 0. The molecule has 0 bridgehead atoms. The second kappa shape index (κ2) is 5.40. The Bertz CT molecular complexity index is 511. The monoisotopic (exact) mass is 247 g/mol. The van der Waals surface area contributed by atoms with Crippen LogP contribution in [0.1, 0.15) is 36.6 Å². The van der Waals surface area contributed by atoms with Crippen LogP contribution in [0, 0.1) is 13.8 Å². The third kappa shape index (κ3) is 3.23. The van der Waals surface area contributed by atoms with Crippen LogP contribution >= 0.6 is 0 Å². The van der Waals surface area contributed by atoms with Gasteiger partial charge in [-0.2, -0.15) is 5.10 Å². The first-order chi connectivity index (χ1) is 8.54. The molecule has 0 spiro atoms. The zero-order chi connectivity index (χ0) is 13.1. The summed E-state index contributed by atoms with van der Waals surface area (Å²) >= 11 is 0. The molecular formula is C14H21N3O. The second-order valence-corrected chi connectivity index (χ2v) is 4.98. The Hall–Kier alpha value is -1.55. The Labute approximate surface area is 108 Å². The average molecular weight is 247 g/mol. The van der Waals surface area contributed by atoms with Crippen molar-refractivity contribution in [3.05, 3.63) is 41.1 Å². The molecule has 2 aromatic heterocycles. The van der Waals surface area contributed by atoms with Crippen LogP contribution in [0.5, 0.6) is 0 Å². The molecule has 0 saturated heterocycles. The van der Waals surface area contributed by atoms with E-state index in [0.29, 0.717) is 12.6 Å². The summed E-state index contributed by atoms with van der Waals surface area (Å²) in [7, 11) is 0. The van der Waals surface area contributed by atoms with Gasteiger partial charge in [-0.3, -0.25) is 4.68 Å². The lowest BCUT2D eigenvalue weighted by Crippen LogP contribution is -2.21. The van der Waals surface area contributed by atoms with Crippen LogP contribution in [0.3, 0.4) is 0 Å². The first-order valence-electron chi connectivity index (χ1n) is 6.36. The van der Waals surface area contributed by atoms with Crippen LogP contribution in [0.25, 0.3) is 0 Å². The van der Waals surface area contributed by atoms with Gasteiger partial charge >= 0.3 is 0 Å². The Balaban J connectivity index is 2.04. The fourth-order valence-electron chi connectivity index (χ4n) is 1.87. The quantitative estimate of drug-likeness (QED) is 0.883. The van der Waals surface area contributed by atoms with Gasteiger partial charge in [0.25, 0.3) is 0 Å². The molecule has 98 valence electrons. The maximum Gasteiger partial charge on any atom is 0.125 e. The van der Waals surface area contributed by atoms with Gasteiger partial charge in [0.05, 0.1) is 12.2 Å². The smallest absolute Gasteiger partial charge is 0.125 e. The fraction of sp³-hybridized carbons (Fsp3) is 0.500. The van der Waals surface area contributed by atoms with Crippen LogP contribution in [0.15, 0.2) is 22.7 Å². The van der Waals surface area contributed by atoms with Crippen molar-refractivity contribution in [2.75, 3.05) is 0 Å². The highest BCUT2D eigenvalue weighted by atomic mass is 16.3. The number of nitrogens with zero attached hydrogens (tertiary/aromatic N) is 2. The number of rotatable bonds is 5. The molecule has 4 heteroatoms. The van der Waals surface area contributed by atoms with Gasteiger partial charge in [-0.1, -0.05) is 13.8 Å². The minimum Gasteiger partial charge on any atom is -0.464 e. The number of hydrogen-bond acceptors (Lipinski definition) is 3. The minimum atomic E-state index is 0.483. The number of aromatic nitrogens is 2. The summed E-state index contributed by atoms with van der Waals surface area (Å²) in [6, 6.07) is 4.59. The third-order valence-corrected chi connectivity index (χ3v) is 2.86. The number of hydrogen-bond donors (Lipinski definition) is 1. The lowest BCUT2D eigenvalue weighted by atomic mass is 10.2. The van der Waals surface area contributed by atoms with E-state index in [1.54, 1.807) is 0 Å². The van der Waals surface area contributed by atoms with Crippen LogP contribution in [0.4, 0.5) is 0 Å². The Morgan fingerprint density at radius 3 is 2.78 bits per heavy atom. The third-order valence-electron chi connectivity index (χ3n) is 2.86. The van der Waals surface area contributed by atoms with E-state index >= 15 is 0 Å². The molecular weight excluding hydrogens is 226 g/mol. The van der Waals surface area contributed by atoms with Gasteiger partial charge in [-0.05, 0) is 26.0 Å². The topological polar surface area (TPSA) is 43.0 Å². The molecule has 4 nitrogen and oxygen atoms in total. The molecule has 0 saturated carbocycles. The zero-order valence-corrected chi connectivity index (χ0v) is 11.5. The van der Waals surface area contributed by atoms with E-state index in [4.69, 9.17) is 4.42 Å². The summed E-state index contributed by atoms with van der Waals surface area (Å²) in [5.41, 5.74) is 2.25. The number of furan rings is 1. The number of aryl methyl sites for hydroxylation is 2. The van der Waals surface area contributed by atoms with Gasteiger partial charge in [0, 0.05) is 24.3 Å². The maximum atomic E-state index is 5.76. The van der Waals surface area contributed by atoms with Gasteiger partial charge < -0.3 is 9.73 Å². The Kier molecular flexibility index (Phi) is 3.87. The Morgan fingerprint density at radius 2 is 2.17 bits per heavy atom. The average Bonchev–Trinajstić information content (AvgIpc) is 2.83. The predicted molar refractivity (Wildman–Crippen MR) is 71.5 cm³/mol. The molecule has 1 N–H and O–H groups in total. The van der Waals surface area contributed by atoms with Gasteiger partial charge in [0.2, 0.25) is 0 Å². The lowest BCUT2D eigenvalue weighted by Gasteiger charge is -2.05. The van der Waals surface area contributed by atoms with Crippen molar-refractivity contribution in [3.8, 4) is 0 Å². The summed E-state index contributed by atoms with van der Waals surface area (Å²) in [5, 5.41) is 7.76. The molecule has 0 aliphatic rings. The largest absolute Gasteiger partial charge is 0.464 e. The SMILES string of the molecule is Cc1ccn(Cc2cc(CNC(C)C)c(C)o2)n1.